The van der Waals surface area contributed by atoms with E-state index in [9.17, 15) is 0 Å². The zero-order valence-electron chi connectivity index (χ0n) is 14.9. The molecule has 128 valence electrons. The number of ether oxygens (including phenoxy) is 1. The Morgan fingerprint density at radius 2 is 1.64 bits per heavy atom. The van der Waals surface area contributed by atoms with Crippen LogP contribution in [0.4, 0.5) is 0 Å². The highest BCUT2D eigenvalue weighted by Crippen LogP contribution is 2.18. The van der Waals surface area contributed by atoms with E-state index in [0.717, 1.165) is 12.3 Å². The minimum atomic E-state index is 0.317. The third-order valence-electron chi connectivity index (χ3n) is 4.47. The van der Waals surface area contributed by atoms with E-state index in [-0.39, 0.29) is 0 Å². The highest BCUT2D eigenvalue weighted by Gasteiger charge is 2.05. The molecule has 2 heteroatoms. The van der Waals surface area contributed by atoms with E-state index in [0.29, 0.717) is 12.6 Å². The second kappa shape index (κ2) is 8.50. The smallest absolute Gasteiger partial charge is 0.120 e. The predicted molar refractivity (Wildman–Crippen MR) is 104 cm³/mol. The number of rotatable bonds is 7. The average molecular weight is 331 g/mol. The van der Waals surface area contributed by atoms with Gasteiger partial charge in [0, 0.05) is 12.6 Å². The van der Waals surface area contributed by atoms with Crippen molar-refractivity contribution in [3.63, 3.8) is 0 Å². The Labute approximate surface area is 150 Å². The summed E-state index contributed by atoms with van der Waals surface area (Å²) in [6.07, 6.45) is 0. The van der Waals surface area contributed by atoms with Crippen LogP contribution in [0.3, 0.4) is 0 Å². The quantitative estimate of drug-likeness (QED) is 0.624. The van der Waals surface area contributed by atoms with Crippen LogP contribution in [0.5, 0.6) is 5.75 Å². The Morgan fingerprint density at radius 3 is 2.44 bits per heavy atom. The van der Waals surface area contributed by atoms with Gasteiger partial charge >= 0.3 is 0 Å². The summed E-state index contributed by atoms with van der Waals surface area (Å²) in [7, 11) is 0. The van der Waals surface area contributed by atoms with Crippen molar-refractivity contribution in [2.24, 2.45) is 0 Å². The molecule has 2 nitrogen and oxygen atoms in total. The fraction of sp³-hybridized carbons (Fsp3) is 0.217. The topological polar surface area (TPSA) is 21.3 Å². The van der Waals surface area contributed by atoms with Crippen LogP contribution in [-0.2, 0) is 13.2 Å². The molecule has 1 atom stereocenters. The van der Waals surface area contributed by atoms with E-state index in [1.54, 1.807) is 0 Å². The fourth-order valence-corrected chi connectivity index (χ4v) is 2.81. The maximum absolute atomic E-state index is 5.98. The molecule has 1 N–H and O–H groups in total. The number of hydrogen-bond donors (Lipinski definition) is 1. The van der Waals surface area contributed by atoms with Gasteiger partial charge in [-0.2, -0.15) is 0 Å². The van der Waals surface area contributed by atoms with Crippen LogP contribution in [0.1, 0.15) is 35.2 Å². The molecule has 0 fully saturated rings. The second-order valence-electron chi connectivity index (χ2n) is 6.38. The molecule has 0 bridgehead atoms. The van der Waals surface area contributed by atoms with Crippen molar-refractivity contribution >= 4 is 0 Å². The first kappa shape index (κ1) is 17.2. The number of aryl methyl sites for hydroxylation is 1. The summed E-state index contributed by atoms with van der Waals surface area (Å²) < 4.78 is 5.98. The molecule has 0 unspecified atom stereocenters. The van der Waals surface area contributed by atoms with Crippen LogP contribution in [0.15, 0.2) is 78.9 Å². The molecule has 0 aromatic heterocycles. The molecule has 0 aliphatic heterocycles. The average Bonchev–Trinajstić information content (AvgIpc) is 2.66. The molecule has 0 aliphatic carbocycles. The first-order valence-corrected chi connectivity index (χ1v) is 8.77. The van der Waals surface area contributed by atoms with Gasteiger partial charge < -0.3 is 10.1 Å². The van der Waals surface area contributed by atoms with Gasteiger partial charge in [-0.25, -0.2) is 0 Å². The van der Waals surface area contributed by atoms with Gasteiger partial charge in [0.1, 0.15) is 12.4 Å². The van der Waals surface area contributed by atoms with Gasteiger partial charge in [0.15, 0.2) is 0 Å². The summed E-state index contributed by atoms with van der Waals surface area (Å²) in [5, 5.41) is 3.57. The van der Waals surface area contributed by atoms with E-state index in [2.05, 4.69) is 85.9 Å². The van der Waals surface area contributed by atoms with Gasteiger partial charge in [0.05, 0.1) is 0 Å². The van der Waals surface area contributed by atoms with Crippen LogP contribution in [0, 0.1) is 6.92 Å². The van der Waals surface area contributed by atoms with Crippen molar-refractivity contribution in [3.05, 3.63) is 101 Å². The lowest BCUT2D eigenvalue weighted by molar-refractivity contribution is 0.305. The molecular weight excluding hydrogens is 306 g/mol. The predicted octanol–water partition coefficient (Wildman–Crippen LogP) is 5.42. The summed E-state index contributed by atoms with van der Waals surface area (Å²) >= 11 is 0. The molecule has 0 saturated carbocycles. The van der Waals surface area contributed by atoms with Crippen molar-refractivity contribution in [2.75, 3.05) is 0 Å². The van der Waals surface area contributed by atoms with Crippen LogP contribution >= 0.6 is 0 Å². The molecule has 3 aromatic carbocycles. The molecule has 25 heavy (non-hydrogen) atoms. The minimum absolute atomic E-state index is 0.317. The SMILES string of the molecule is Cc1ccccc1COc1cccc(CN[C@@H](C)c2ccccc2)c1. The maximum atomic E-state index is 5.98. The third kappa shape index (κ3) is 4.94. The summed E-state index contributed by atoms with van der Waals surface area (Å²) in [6, 6.07) is 27.5. The Balaban J connectivity index is 1.57. The van der Waals surface area contributed by atoms with E-state index in [1.807, 2.05) is 12.1 Å². The van der Waals surface area contributed by atoms with E-state index >= 15 is 0 Å². The largest absolute Gasteiger partial charge is 0.489 e. The van der Waals surface area contributed by atoms with Gasteiger partial charge in [0.25, 0.3) is 0 Å². The van der Waals surface area contributed by atoms with Gasteiger partial charge in [-0.15, -0.1) is 0 Å². The minimum Gasteiger partial charge on any atom is -0.489 e. The molecule has 0 amide bonds. The van der Waals surface area contributed by atoms with Crippen molar-refractivity contribution < 1.29 is 4.74 Å². The van der Waals surface area contributed by atoms with Gasteiger partial charge in [-0.05, 0) is 48.2 Å². The van der Waals surface area contributed by atoms with E-state index in [1.165, 1.54) is 22.3 Å². The van der Waals surface area contributed by atoms with Crippen LogP contribution < -0.4 is 10.1 Å². The molecular formula is C23H25NO. The summed E-state index contributed by atoms with van der Waals surface area (Å²) in [6.45, 7) is 5.72. The Morgan fingerprint density at radius 1 is 0.880 bits per heavy atom. The van der Waals surface area contributed by atoms with Crippen LogP contribution in [0.2, 0.25) is 0 Å². The van der Waals surface area contributed by atoms with Gasteiger partial charge in [-0.1, -0.05) is 66.7 Å². The summed E-state index contributed by atoms with van der Waals surface area (Å²) in [4.78, 5) is 0. The zero-order valence-corrected chi connectivity index (χ0v) is 14.9. The van der Waals surface area contributed by atoms with Gasteiger partial charge in [-0.3, -0.25) is 0 Å². The lowest BCUT2D eigenvalue weighted by atomic mass is 10.1. The molecule has 0 radical (unpaired) electrons. The lowest BCUT2D eigenvalue weighted by Gasteiger charge is -2.15. The van der Waals surface area contributed by atoms with E-state index in [4.69, 9.17) is 4.74 Å². The molecule has 0 saturated heterocycles. The Hall–Kier alpha value is -2.58. The number of benzene rings is 3. The summed E-state index contributed by atoms with van der Waals surface area (Å²) in [5.74, 6) is 0.912. The Bertz CT molecular complexity index is 798. The highest BCUT2D eigenvalue weighted by molar-refractivity contribution is 5.30. The Kier molecular flexibility index (Phi) is 5.86. The maximum Gasteiger partial charge on any atom is 0.120 e. The number of hydrogen-bond acceptors (Lipinski definition) is 2. The first-order chi connectivity index (χ1) is 12.2. The zero-order chi connectivity index (χ0) is 17.5. The standard InChI is InChI=1S/C23H25NO/c1-18-9-6-7-13-22(18)17-25-23-14-8-10-20(15-23)16-24-19(2)21-11-4-3-5-12-21/h3-15,19,24H,16-17H2,1-2H3/t19-/m0/s1. The molecule has 3 aromatic rings. The molecule has 0 heterocycles. The summed E-state index contributed by atoms with van der Waals surface area (Å²) in [5.41, 5.74) is 5.01. The highest BCUT2D eigenvalue weighted by atomic mass is 16.5. The van der Waals surface area contributed by atoms with Crippen molar-refractivity contribution in [1.29, 1.82) is 0 Å². The fourth-order valence-electron chi connectivity index (χ4n) is 2.81. The first-order valence-electron chi connectivity index (χ1n) is 8.77. The van der Waals surface area contributed by atoms with Crippen molar-refractivity contribution in [1.82, 2.24) is 5.32 Å². The second-order valence-corrected chi connectivity index (χ2v) is 6.38. The van der Waals surface area contributed by atoms with Crippen molar-refractivity contribution in [3.8, 4) is 5.75 Å². The van der Waals surface area contributed by atoms with Crippen LogP contribution in [0.25, 0.3) is 0 Å². The van der Waals surface area contributed by atoms with Crippen molar-refractivity contribution in [2.45, 2.75) is 33.0 Å². The molecule has 0 spiro atoms. The van der Waals surface area contributed by atoms with Crippen LogP contribution in [-0.4, -0.2) is 0 Å². The van der Waals surface area contributed by atoms with E-state index < -0.39 is 0 Å². The third-order valence-corrected chi connectivity index (χ3v) is 4.47. The lowest BCUT2D eigenvalue weighted by Crippen LogP contribution is -2.17. The molecule has 0 aliphatic rings. The monoisotopic (exact) mass is 331 g/mol. The van der Waals surface area contributed by atoms with Gasteiger partial charge in [0.2, 0.25) is 0 Å². The molecule has 3 rings (SSSR count). The number of nitrogens with one attached hydrogen (secondary N) is 1. The normalized spacial score (nSPS) is 11.9.